The first kappa shape index (κ1) is 34.8. The van der Waals surface area contributed by atoms with Gasteiger partial charge in [-0.15, -0.1) is 0 Å². The quantitative estimate of drug-likeness (QED) is 0.158. The lowest BCUT2D eigenvalue weighted by Crippen LogP contribution is -2.18. The Labute approximate surface area is 336 Å². The number of benzene rings is 8. The molecule has 2 heteroatoms. The van der Waals surface area contributed by atoms with Gasteiger partial charge in [0.15, 0.2) is 0 Å². The zero-order valence-corrected chi connectivity index (χ0v) is 33.1. The first-order valence-corrected chi connectivity index (χ1v) is 20.1. The third-order valence-electron chi connectivity index (χ3n) is 12.1. The van der Waals surface area contributed by atoms with Crippen LogP contribution in [0.15, 0.2) is 194 Å². The van der Waals surface area contributed by atoms with E-state index in [9.17, 15) is 0 Å². The molecular weight excluding hydrogens is 689 g/mol. The Balaban J connectivity index is 1.26. The minimum Gasteiger partial charge on any atom is -0.310 e. The number of anilines is 3. The molecule has 0 fully saturated rings. The SMILES string of the molecule is CC1(C)CC(C)(C)c2c(-n3c4ccccc4c4ccc(N(c5cccc(-c6ccccc6)c5)c5ccc(-c6ccccc6)cc5-c5ccccc5)cc43)cccc21. The topological polar surface area (TPSA) is 8.17 Å². The molecule has 1 aromatic heterocycles. The first-order valence-electron chi connectivity index (χ1n) is 20.1. The smallest absolute Gasteiger partial charge is 0.0562 e. The second kappa shape index (κ2) is 13.5. The number of hydrogen-bond acceptors (Lipinski definition) is 1. The maximum atomic E-state index is 2.55. The maximum absolute atomic E-state index is 2.55. The van der Waals surface area contributed by atoms with E-state index >= 15 is 0 Å². The van der Waals surface area contributed by atoms with E-state index in [1.54, 1.807) is 0 Å². The largest absolute Gasteiger partial charge is 0.310 e. The summed E-state index contributed by atoms with van der Waals surface area (Å²) in [6, 6.07) is 71.2. The van der Waals surface area contributed by atoms with Crippen LogP contribution in [0.25, 0.3) is 60.9 Å². The molecule has 0 unspecified atom stereocenters. The summed E-state index contributed by atoms with van der Waals surface area (Å²) in [4.78, 5) is 2.47. The Bertz CT molecular complexity index is 2920. The predicted molar refractivity (Wildman–Crippen MR) is 242 cm³/mol. The molecule has 1 aliphatic rings. The number of fused-ring (bicyclic) bond motifs is 4. The fourth-order valence-electron chi connectivity index (χ4n) is 9.92. The van der Waals surface area contributed by atoms with Gasteiger partial charge in [0.05, 0.1) is 22.4 Å². The highest BCUT2D eigenvalue weighted by Gasteiger charge is 2.43. The molecule has 0 radical (unpaired) electrons. The van der Waals surface area contributed by atoms with E-state index in [4.69, 9.17) is 0 Å². The van der Waals surface area contributed by atoms with Crippen molar-refractivity contribution >= 4 is 38.9 Å². The lowest BCUT2D eigenvalue weighted by atomic mass is 9.81. The summed E-state index contributed by atoms with van der Waals surface area (Å²) in [5, 5.41) is 2.52. The minimum atomic E-state index is 0.0275. The fourth-order valence-corrected chi connectivity index (χ4v) is 9.92. The van der Waals surface area contributed by atoms with Crippen molar-refractivity contribution in [2.75, 3.05) is 4.90 Å². The van der Waals surface area contributed by atoms with Crippen molar-refractivity contribution < 1.29 is 0 Å². The monoisotopic (exact) mass is 734 g/mol. The van der Waals surface area contributed by atoms with Gasteiger partial charge in [-0.1, -0.05) is 173 Å². The molecule has 2 nitrogen and oxygen atoms in total. The number of nitrogens with zero attached hydrogens (tertiary/aromatic N) is 2. The fraction of sp³-hybridized carbons (Fsp3) is 0.127. The van der Waals surface area contributed by atoms with Gasteiger partial charge in [0, 0.05) is 27.7 Å². The van der Waals surface area contributed by atoms with Gasteiger partial charge in [0.25, 0.3) is 0 Å². The third-order valence-corrected chi connectivity index (χ3v) is 12.1. The summed E-state index contributed by atoms with van der Waals surface area (Å²) in [6.45, 7) is 9.66. The van der Waals surface area contributed by atoms with Crippen LogP contribution in [0.4, 0.5) is 17.1 Å². The van der Waals surface area contributed by atoms with Crippen LogP contribution in [0.5, 0.6) is 0 Å². The summed E-state index contributed by atoms with van der Waals surface area (Å²) in [5.41, 5.74) is 17.2. The van der Waals surface area contributed by atoms with E-state index < -0.39 is 0 Å². The average molecular weight is 735 g/mol. The third kappa shape index (κ3) is 5.95. The molecule has 0 spiro atoms. The van der Waals surface area contributed by atoms with Crippen LogP contribution in [-0.2, 0) is 10.8 Å². The molecule has 10 rings (SSSR count). The summed E-state index contributed by atoms with van der Waals surface area (Å²) >= 11 is 0. The van der Waals surface area contributed by atoms with Crippen molar-refractivity contribution in [3.8, 4) is 39.1 Å². The molecule has 1 aliphatic carbocycles. The van der Waals surface area contributed by atoms with E-state index in [2.05, 4.69) is 231 Å². The summed E-state index contributed by atoms with van der Waals surface area (Å²) in [7, 11) is 0. The van der Waals surface area contributed by atoms with Crippen LogP contribution >= 0.6 is 0 Å². The minimum absolute atomic E-state index is 0.0275. The van der Waals surface area contributed by atoms with Crippen molar-refractivity contribution in [3.63, 3.8) is 0 Å². The standard InChI is InChI=1S/C55H46N2/c1-54(2)37-55(3,4)53-48(54)27-17-29-51(53)57-49-28-15-14-26-45(49)46-32-31-44(36-52(46)57)56(43-25-16-24-41(34-43)38-18-8-5-9-19-38)50-33-30-42(39-20-10-6-11-21-39)35-47(50)40-22-12-7-13-23-40/h5-36H,37H2,1-4H3. The Kier molecular flexibility index (Phi) is 8.27. The molecule has 276 valence electrons. The normalized spacial score (nSPS) is 14.2. The molecule has 0 aliphatic heterocycles. The van der Waals surface area contributed by atoms with Gasteiger partial charge < -0.3 is 9.47 Å². The van der Waals surface area contributed by atoms with Crippen molar-refractivity contribution in [1.82, 2.24) is 4.57 Å². The van der Waals surface area contributed by atoms with E-state index in [1.807, 2.05) is 0 Å². The molecule has 0 bridgehead atoms. The highest BCUT2D eigenvalue weighted by Crippen LogP contribution is 2.53. The van der Waals surface area contributed by atoms with Crippen LogP contribution in [0.1, 0.15) is 45.2 Å². The molecular formula is C55H46N2. The molecule has 0 amide bonds. The van der Waals surface area contributed by atoms with Gasteiger partial charge in [-0.05, 0) is 105 Å². The second-order valence-corrected chi connectivity index (χ2v) is 16.9. The highest BCUT2D eigenvalue weighted by molar-refractivity contribution is 6.11. The summed E-state index contributed by atoms with van der Waals surface area (Å²) < 4.78 is 2.55. The summed E-state index contributed by atoms with van der Waals surface area (Å²) in [6.07, 6.45) is 1.11. The molecule has 0 saturated carbocycles. The first-order chi connectivity index (χ1) is 27.8. The maximum Gasteiger partial charge on any atom is 0.0562 e. The van der Waals surface area contributed by atoms with E-state index in [0.29, 0.717) is 0 Å². The van der Waals surface area contributed by atoms with Gasteiger partial charge >= 0.3 is 0 Å². The lowest BCUT2D eigenvalue weighted by Gasteiger charge is -2.29. The van der Waals surface area contributed by atoms with Gasteiger partial charge in [-0.2, -0.15) is 0 Å². The lowest BCUT2D eigenvalue weighted by molar-refractivity contribution is 0.403. The second-order valence-electron chi connectivity index (χ2n) is 16.9. The molecule has 57 heavy (non-hydrogen) atoms. The Morgan fingerprint density at radius 2 is 1.00 bits per heavy atom. The van der Waals surface area contributed by atoms with Gasteiger partial charge in [-0.25, -0.2) is 0 Å². The van der Waals surface area contributed by atoms with Crippen LogP contribution in [0.2, 0.25) is 0 Å². The van der Waals surface area contributed by atoms with Crippen molar-refractivity contribution in [2.45, 2.75) is 44.9 Å². The van der Waals surface area contributed by atoms with Crippen molar-refractivity contribution in [3.05, 3.63) is 205 Å². The molecule has 1 heterocycles. The number of hydrogen-bond donors (Lipinski definition) is 0. The van der Waals surface area contributed by atoms with Crippen molar-refractivity contribution in [1.29, 1.82) is 0 Å². The zero-order valence-electron chi connectivity index (χ0n) is 33.1. The molecule has 0 atom stereocenters. The Morgan fingerprint density at radius 3 is 1.72 bits per heavy atom. The number of rotatable bonds is 7. The Morgan fingerprint density at radius 1 is 0.421 bits per heavy atom. The van der Waals surface area contributed by atoms with Crippen LogP contribution in [0.3, 0.4) is 0 Å². The van der Waals surface area contributed by atoms with E-state index in [0.717, 1.165) is 23.5 Å². The highest BCUT2D eigenvalue weighted by atomic mass is 15.1. The Hall–Kier alpha value is -6.64. The molecule has 0 saturated heterocycles. The summed E-state index contributed by atoms with van der Waals surface area (Å²) in [5.74, 6) is 0. The average Bonchev–Trinajstić information content (AvgIpc) is 3.68. The van der Waals surface area contributed by atoms with Gasteiger partial charge in [-0.3, -0.25) is 0 Å². The number of para-hydroxylation sites is 1. The molecule has 8 aromatic carbocycles. The van der Waals surface area contributed by atoms with Crippen LogP contribution in [0, 0.1) is 0 Å². The molecule has 9 aromatic rings. The van der Waals surface area contributed by atoms with Crippen LogP contribution in [-0.4, -0.2) is 4.57 Å². The van der Waals surface area contributed by atoms with Gasteiger partial charge in [0.2, 0.25) is 0 Å². The van der Waals surface area contributed by atoms with E-state index in [-0.39, 0.29) is 10.8 Å². The van der Waals surface area contributed by atoms with E-state index in [1.165, 1.54) is 72.0 Å². The van der Waals surface area contributed by atoms with Crippen molar-refractivity contribution in [2.24, 2.45) is 0 Å². The van der Waals surface area contributed by atoms with Gasteiger partial charge in [0.1, 0.15) is 0 Å². The number of aromatic nitrogens is 1. The van der Waals surface area contributed by atoms with Crippen LogP contribution < -0.4 is 4.90 Å². The predicted octanol–water partition coefficient (Wildman–Crippen LogP) is 15.2. The molecule has 0 N–H and O–H groups in total. The zero-order chi connectivity index (χ0) is 38.7.